The Morgan fingerprint density at radius 3 is 2.09 bits per heavy atom. The molecule has 0 radical (unpaired) electrons. The van der Waals surface area contributed by atoms with Crippen molar-refractivity contribution in [2.75, 3.05) is 0 Å². The van der Waals surface area contributed by atoms with Gasteiger partial charge < -0.3 is 6.15 Å². The molecule has 196 valence electrons. The Bertz CT molecular complexity index is 887. The van der Waals surface area contributed by atoms with E-state index in [2.05, 4.69) is 89.8 Å². The molecule has 35 heavy (non-hydrogen) atoms. The predicted molar refractivity (Wildman–Crippen MR) is 160 cm³/mol. The lowest BCUT2D eigenvalue weighted by molar-refractivity contribution is -0.115. The van der Waals surface area contributed by atoms with E-state index >= 15 is 0 Å². The minimum Gasteiger partial charge on any atom is -0.344 e. The van der Waals surface area contributed by atoms with Crippen molar-refractivity contribution < 1.29 is 4.79 Å². The van der Waals surface area contributed by atoms with E-state index in [1.165, 1.54) is 23.1 Å². The Hall–Kier alpha value is -2.81. The number of carbonyl (C=O) groups excluding carboxylic acids is 1. The highest BCUT2D eigenvalue weighted by Gasteiger charge is 2.17. The summed E-state index contributed by atoms with van der Waals surface area (Å²) >= 11 is 0. The van der Waals surface area contributed by atoms with Crippen LogP contribution in [-0.2, 0) is 4.79 Å². The fourth-order valence-corrected chi connectivity index (χ4v) is 3.14. The van der Waals surface area contributed by atoms with Crippen LogP contribution in [-0.4, -0.2) is 5.78 Å². The van der Waals surface area contributed by atoms with Gasteiger partial charge in [-0.3, -0.25) is 4.79 Å². The molecule has 2 rings (SSSR count). The van der Waals surface area contributed by atoms with Crippen LogP contribution >= 0.6 is 0 Å². The number of carbonyl (C=O) groups is 1. The molecule has 0 saturated carbocycles. The summed E-state index contributed by atoms with van der Waals surface area (Å²) in [5, 5.41) is 0. The van der Waals surface area contributed by atoms with Crippen LogP contribution in [0.15, 0.2) is 81.4 Å². The first kappa shape index (κ1) is 39.4. The van der Waals surface area contributed by atoms with Crippen molar-refractivity contribution in [3.8, 4) is 12.8 Å². The quantitative estimate of drug-likeness (QED) is 0.315. The van der Waals surface area contributed by atoms with Gasteiger partial charge in [-0.25, -0.2) is 0 Å². The highest BCUT2D eigenvalue weighted by atomic mass is 16.1. The van der Waals surface area contributed by atoms with Crippen molar-refractivity contribution in [2.45, 2.75) is 102 Å². The molecule has 2 aliphatic carbocycles. The standard InChI is InChI=1S/C24H28O.C3H8.2C2H6.C2H2.H3N/c1-7-16(2)21-10-8-18(4)22(15-21)11-13-24(25)23-12-9-17(3)19(5)14-20(23)6;1-3-2;3*1-2;/h8-9,14-15,18H,1,11-13H2,2-6H3;3H2,1-2H3;2*1-2H3;1-2H;1H3. The Morgan fingerprint density at radius 2 is 1.60 bits per heavy atom. The van der Waals surface area contributed by atoms with Crippen LogP contribution in [0.4, 0.5) is 0 Å². The van der Waals surface area contributed by atoms with Gasteiger partial charge in [-0.15, -0.1) is 24.3 Å². The molecule has 0 aliphatic heterocycles. The first-order chi connectivity index (χ1) is 16.2. The molecule has 1 unspecified atom stereocenters. The maximum absolute atomic E-state index is 12.8. The second kappa shape index (κ2) is 24.3. The lowest BCUT2D eigenvalue weighted by atomic mass is 9.88. The Kier molecular flexibility index (Phi) is 27.4. The highest BCUT2D eigenvalue weighted by molar-refractivity contribution is 5.97. The topological polar surface area (TPSA) is 52.1 Å². The minimum atomic E-state index is 0. The monoisotopic (exact) mass is 479 g/mol. The van der Waals surface area contributed by atoms with E-state index in [1.807, 2.05) is 41.5 Å². The Balaban J connectivity index is -0.000000427. The van der Waals surface area contributed by atoms with Crippen LogP contribution < -0.4 is 6.15 Å². The van der Waals surface area contributed by atoms with Gasteiger partial charge in [0, 0.05) is 29.1 Å². The molecule has 2 nitrogen and oxygen atoms in total. The summed E-state index contributed by atoms with van der Waals surface area (Å²) in [5.74, 6) is 0.583. The van der Waals surface area contributed by atoms with E-state index in [0.717, 1.165) is 35.1 Å². The molecule has 0 bridgehead atoms. The third-order valence-electron chi connectivity index (χ3n) is 5.19. The fraction of sp³-hybridized carbons (Fsp3) is 0.485. The zero-order valence-electron chi connectivity index (χ0n) is 24.7. The summed E-state index contributed by atoms with van der Waals surface area (Å²) in [6.07, 6.45) is 19.9. The van der Waals surface area contributed by atoms with Gasteiger partial charge in [-0.1, -0.05) is 84.8 Å². The molecular formula is C33H53NO. The van der Waals surface area contributed by atoms with E-state index in [0.29, 0.717) is 12.3 Å². The SMILES string of the molecule is C#C.C=C=C(C)C1=C=CC(C)C(CCC(=O)C2=C(C)C=C(C)C(C)=CC2)=C1.CC.CC.CCC.N. The van der Waals surface area contributed by atoms with E-state index in [-0.39, 0.29) is 11.9 Å². The van der Waals surface area contributed by atoms with E-state index in [4.69, 9.17) is 0 Å². The number of allylic oxidation sites excluding steroid dienone is 10. The largest absolute Gasteiger partial charge is 0.344 e. The number of ketones is 1. The molecule has 0 amide bonds. The average Bonchev–Trinajstić information content (AvgIpc) is 2.99. The second-order valence-corrected chi connectivity index (χ2v) is 7.74. The smallest absolute Gasteiger partial charge is 0.159 e. The lowest BCUT2D eigenvalue weighted by Gasteiger charge is -2.16. The molecule has 0 aromatic rings. The second-order valence-electron chi connectivity index (χ2n) is 7.74. The number of Topliss-reactive ketones (excluding diaryl/α,β-unsaturated/α-hetero) is 1. The molecule has 2 aliphatic rings. The molecule has 0 spiro atoms. The molecule has 0 aromatic heterocycles. The van der Waals surface area contributed by atoms with E-state index < -0.39 is 0 Å². The highest BCUT2D eigenvalue weighted by Crippen LogP contribution is 2.28. The Morgan fingerprint density at radius 1 is 1.09 bits per heavy atom. The van der Waals surface area contributed by atoms with Gasteiger partial charge in [-0.2, -0.15) is 0 Å². The van der Waals surface area contributed by atoms with Gasteiger partial charge >= 0.3 is 0 Å². The molecule has 0 aromatic carbocycles. The van der Waals surface area contributed by atoms with Gasteiger partial charge in [-0.05, 0) is 63.8 Å². The predicted octanol–water partition coefficient (Wildman–Crippen LogP) is 10.2. The summed E-state index contributed by atoms with van der Waals surface area (Å²) in [5.41, 5.74) is 14.1. The number of hydrogen-bond acceptors (Lipinski definition) is 2. The van der Waals surface area contributed by atoms with Crippen LogP contribution in [0.25, 0.3) is 0 Å². The van der Waals surface area contributed by atoms with Crippen molar-refractivity contribution in [1.29, 1.82) is 0 Å². The lowest BCUT2D eigenvalue weighted by Crippen LogP contribution is -2.07. The van der Waals surface area contributed by atoms with Crippen LogP contribution in [0.2, 0.25) is 0 Å². The van der Waals surface area contributed by atoms with Crippen LogP contribution in [0, 0.1) is 18.8 Å². The van der Waals surface area contributed by atoms with E-state index in [1.54, 1.807) is 0 Å². The van der Waals surface area contributed by atoms with Crippen molar-refractivity contribution in [1.82, 2.24) is 6.15 Å². The molecule has 0 saturated heterocycles. The molecule has 0 fully saturated rings. The van der Waals surface area contributed by atoms with Crippen molar-refractivity contribution in [3.63, 3.8) is 0 Å². The summed E-state index contributed by atoms with van der Waals surface area (Å²) in [4.78, 5) is 12.8. The number of terminal acetylenes is 1. The Labute approximate surface area is 218 Å². The van der Waals surface area contributed by atoms with Crippen LogP contribution in [0.3, 0.4) is 0 Å². The zero-order valence-corrected chi connectivity index (χ0v) is 24.7. The molecule has 0 heterocycles. The summed E-state index contributed by atoms with van der Waals surface area (Å²) < 4.78 is 0. The van der Waals surface area contributed by atoms with E-state index in [9.17, 15) is 4.79 Å². The van der Waals surface area contributed by atoms with Crippen LogP contribution in [0.1, 0.15) is 102 Å². The fourth-order valence-electron chi connectivity index (χ4n) is 3.14. The summed E-state index contributed by atoms with van der Waals surface area (Å²) in [7, 11) is 0. The summed E-state index contributed by atoms with van der Waals surface area (Å²) in [6.45, 7) is 26.4. The van der Waals surface area contributed by atoms with Gasteiger partial charge in [0.25, 0.3) is 0 Å². The number of rotatable bonds is 5. The van der Waals surface area contributed by atoms with Gasteiger partial charge in [0.2, 0.25) is 0 Å². The van der Waals surface area contributed by atoms with Crippen molar-refractivity contribution in [2.24, 2.45) is 5.92 Å². The maximum Gasteiger partial charge on any atom is 0.159 e. The van der Waals surface area contributed by atoms with Crippen molar-refractivity contribution in [3.05, 3.63) is 81.4 Å². The molecular weight excluding hydrogens is 426 g/mol. The number of hydrogen-bond donors (Lipinski definition) is 1. The van der Waals surface area contributed by atoms with Gasteiger partial charge in [0.05, 0.1) is 0 Å². The minimum absolute atomic E-state index is 0. The molecule has 3 N–H and O–H groups in total. The first-order valence-corrected chi connectivity index (χ1v) is 12.7. The maximum atomic E-state index is 12.8. The molecule has 1 atom stereocenters. The van der Waals surface area contributed by atoms with Crippen LogP contribution in [0.5, 0.6) is 0 Å². The molecule has 2 heteroatoms. The summed E-state index contributed by atoms with van der Waals surface area (Å²) in [6, 6.07) is 0. The van der Waals surface area contributed by atoms with Crippen molar-refractivity contribution >= 4 is 5.78 Å². The van der Waals surface area contributed by atoms with Gasteiger partial charge in [0.1, 0.15) is 0 Å². The van der Waals surface area contributed by atoms with Gasteiger partial charge in [0.15, 0.2) is 5.78 Å². The average molecular weight is 480 g/mol. The third-order valence-corrected chi connectivity index (χ3v) is 5.19. The first-order valence-electron chi connectivity index (χ1n) is 12.7. The normalized spacial score (nSPS) is 15.3. The third kappa shape index (κ3) is 14.9. The zero-order chi connectivity index (χ0) is 27.3.